The number of hydrogen-bond donors (Lipinski definition) is 2. The van der Waals surface area contributed by atoms with Crippen molar-refractivity contribution in [3.05, 3.63) is 0 Å². The van der Waals surface area contributed by atoms with E-state index < -0.39 is 0 Å². The molecule has 88 valence electrons. The molecule has 3 nitrogen and oxygen atoms in total. The van der Waals surface area contributed by atoms with Gasteiger partial charge < -0.3 is 10.6 Å². The third-order valence-electron chi connectivity index (χ3n) is 2.85. The zero-order valence-corrected chi connectivity index (χ0v) is 10.4. The van der Waals surface area contributed by atoms with E-state index in [2.05, 4.69) is 38.3 Å². The van der Waals surface area contributed by atoms with Crippen molar-refractivity contribution >= 4 is 5.91 Å². The highest BCUT2D eigenvalue weighted by molar-refractivity contribution is 5.80. The summed E-state index contributed by atoms with van der Waals surface area (Å²) in [5, 5.41) is 6.16. The first-order chi connectivity index (χ1) is 6.91. The smallest absolute Gasteiger partial charge is 0.225 e. The lowest BCUT2D eigenvalue weighted by Crippen LogP contribution is -2.52. The Morgan fingerprint density at radius 2 is 2.07 bits per heavy atom. The lowest BCUT2D eigenvalue weighted by atomic mass is 9.84. The number of hydrogen-bond acceptors (Lipinski definition) is 2. The Morgan fingerprint density at radius 3 is 2.47 bits per heavy atom. The summed E-state index contributed by atoms with van der Waals surface area (Å²) in [5.74, 6) is 1.10. The molecule has 1 aliphatic rings. The molecule has 1 saturated heterocycles. The van der Waals surface area contributed by atoms with Gasteiger partial charge in [-0.2, -0.15) is 0 Å². The third kappa shape index (κ3) is 4.20. The maximum Gasteiger partial charge on any atom is 0.225 e. The lowest BCUT2D eigenvalue weighted by Gasteiger charge is -2.30. The molecule has 0 bridgehead atoms. The van der Waals surface area contributed by atoms with Gasteiger partial charge in [0.05, 0.1) is 5.92 Å². The Morgan fingerprint density at radius 1 is 1.47 bits per heavy atom. The molecule has 2 N–H and O–H groups in total. The van der Waals surface area contributed by atoms with Crippen LogP contribution >= 0.6 is 0 Å². The van der Waals surface area contributed by atoms with E-state index in [0.717, 1.165) is 26.1 Å². The highest BCUT2D eigenvalue weighted by Gasteiger charge is 2.27. The van der Waals surface area contributed by atoms with Crippen molar-refractivity contribution in [1.29, 1.82) is 0 Å². The van der Waals surface area contributed by atoms with Gasteiger partial charge in [-0.25, -0.2) is 0 Å². The molecule has 0 unspecified atom stereocenters. The molecule has 1 fully saturated rings. The molecule has 0 radical (unpaired) electrons. The van der Waals surface area contributed by atoms with Gasteiger partial charge >= 0.3 is 0 Å². The average molecular weight is 212 g/mol. The third-order valence-corrected chi connectivity index (χ3v) is 2.85. The van der Waals surface area contributed by atoms with E-state index in [-0.39, 0.29) is 17.2 Å². The minimum absolute atomic E-state index is 0.208. The van der Waals surface area contributed by atoms with E-state index in [0.29, 0.717) is 5.92 Å². The molecule has 0 aromatic rings. The summed E-state index contributed by atoms with van der Waals surface area (Å²) in [4.78, 5) is 11.6. The van der Waals surface area contributed by atoms with Gasteiger partial charge in [0, 0.05) is 19.6 Å². The van der Waals surface area contributed by atoms with Gasteiger partial charge in [-0.1, -0.05) is 27.7 Å². The predicted molar refractivity (Wildman–Crippen MR) is 62.6 cm³/mol. The summed E-state index contributed by atoms with van der Waals surface area (Å²) >= 11 is 0. The Hall–Kier alpha value is -0.570. The second-order valence-electron chi connectivity index (χ2n) is 5.84. The van der Waals surface area contributed by atoms with Crippen LogP contribution in [-0.2, 0) is 4.79 Å². The second kappa shape index (κ2) is 4.97. The normalized spacial score (nSPS) is 17.7. The molecule has 3 heteroatoms. The van der Waals surface area contributed by atoms with E-state index in [9.17, 15) is 4.79 Å². The van der Waals surface area contributed by atoms with E-state index in [4.69, 9.17) is 0 Å². The molecule has 1 rings (SSSR count). The van der Waals surface area contributed by atoms with Gasteiger partial charge in [0.15, 0.2) is 0 Å². The first kappa shape index (κ1) is 12.5. The molecule has 0 spiro atoms. The van der Waals surface area contributed by atoms with Crippen molar-refractivity contribution in [2.45, 2.75) is 34.1 Å². The number of amides is 1. The number of carbonyl (C=O) groups excluding carboxylic acids is 1. The fraction of sp³-hybridized carbons (Fsp3) is 0.917. The summed E-state index contributed by atoms with van der Waals surface area (Å²) in [5.41, 5.74) is 0.209. The van der Waals surface area contributed by atoms with Crippen molar-refractivity contribution < 1.29 is 4.79 Å². The Kier molecular flexibility index (Phi) is 4.14. The number of carbonyl (C=O) groups is 1. The van der Waals surface area contributed by atoms with Crippen LogP contribution in [-0.4, -0.2) is 25.5 Å². The van der Waals surface area contributed by atoms with Crippen LogP contribution in [0.1, 0.15) is 34.1 Å². The van der Waals surface area contributed by atoms with Crippen molar-refractivity contribution in [2.75, 3.05) is 19.6 Å². The summed E-state index contributed by atoms with van der Waals surface area (Å²) in [6, 6.07) is 0. The Bertz CT molecular complexity index is 220. The van der Waals surface area contributed by atoms with Crippen LogP contribution in [0.2, 0.25) is 0 Å². The number of rotatable bonds is 5. The minimum Gasteiger partial charge on any atom is -0.355 e. The molecule has 0 aliphatic carbocycles. The summed E-state index contributed by atoms with van der Waals surface area (Å²) < 4.78 is 0. The first-order valence-electron chi connectivity index (χ1n) is 5.89. The maximum absolute atomic E-state index is 11.6. The number of nitrogens with one attached hydrogen (secondary N) is 2. The maximum atomic E-state index is 11.6. The lowest BCUT2D eigenvalue weighted by molar-refractivity contribution is -0.126. The Balaban J connectivity index is 2.25. The van der Waals surface area contributed by atoms with Crippen LogP contribution in [0, 0.1) is 17.3 Å². The van der Waals surface area contributed by atoms with Crippen LogP contribution in [0.4, 0.5) is 0 Å². The molecule has 1 heterocycles. The summed E-state index contributed by atoms with van der Waals surface area (Å²) in [7, 11) is 0. The van der Waals surface area contributed by atoms with E-state index in [1.54, 1.807) is 0 Å². The molecule has 0 aromatic heterocycles. The zero-order valence-electron chi connectivity index (χ0n) is 10.4. The highest BCUT2D eigenvalue weighted by atomic mass is 16.2. The average Bonchev–Trinajstić information content (AvgIpc) is 1.95. The minimum atomic E-state index is 0.208. The van der Waals surface area contributed by atoms with E-state index in [1.807, 2.05) is 0 Å². The highest BCUT2D eigenvalue weighted by Crippen LogP contribution is 2.24. The molecular formula is C12H24N2O. The second-order valence-corrected chi connectivity index (χ2v) is 5.84. The van der Waals surface area contributed by atoms with Crippen LogP contribution in [0.3, 0.4) is 0 Å². The van der Waals surface area contributed by atoms with Crippen LogP contribution in [0.15, 0.2) is 0 Å². The van der Waals surface area contributed by atoms with Crippen LogP contribution < -0.4 is 10.6 Å². The van der Waals surface area contributed by atoms with Gasteiger partial charge in [0.2, 0.25) is 5.91 Å². The van der Waals surface area contributed by atoms with Crippen LogP contribution in [0.5, 0.6) is 0 Å². The van der Waals surface area contributed by atoms with Gasteiger partial charge in [0.1, 0.15) is 0 Å². The van der Waals surface area contributed by atoms with Gasteiger partial charge in [-0.3, -0.25) is 4.79 Å². The summed E-state index contributed by atoms with van der Waals surface area (Å²) in [6.45, 7) is 11.4. The SMILES string of the molecule is CC(C)CC(C)(C)CNC(=O)C1CNC1. The zero-order chi connectivity index (χ0) is 11.5. The van der Waals surface area contributed by atoms with Crippen molar-refractivity contribution in [2.24, 2.45) is 17.3 Å². The van der Waals surface area contributed by atoms with Gasteiger partial charge in [0.25, 0.3) is 0 Å². The van der Waals surface area contributed by atoms with Crippen molar-refractivity contribution in [3.8, 4) is 0 Å². The molecule has 15 heavy (non-hydrogen) atoms. The fourth-order valence-electron chi connectivity index (χ4n) is 2.12. The van der Waals surface area contributed by atoms with Crippen molar-refractivity contribution in [1.82, 2.24) is 10.6 Å². The van der Waals surface area contributed by atoms with Gasteiger partial charge in [-0.15, -0.1) is 0 Å². The molecule has 0 atom stereocenters. The molecule has 1 amide bonds. The van der Waals surface area contributed by atoms with Gasteiger partial charge in [-0.05, 0) is 17.8 Å². The summed E-state index contributed by atoms with van der Waals surface area (Å²) in [6.07, 6.45) is 1.15. The molecule has 0 saturated carbocycles. The molecule has 1 aliphatic heterocycles. The topological polar surface area (TPSA) is 41.1 Å². The van der Waals surface area contributed by atoms with E-state index >= 15 is 0 Å². The van der Waals surface area contributed by atoms with Crippen LogP contribution in [0.25, 0.3) is 0 Å². The van der Waals surface area contributed by atoms with Crippen molar-refractivity contribution in [3.63, 3.8) is 0 Å². The quantitative estimate of drug-likeness (QED) is 0.723. The molecular weight excluding hydrogens is 188 g/mol. The van der Waals surface area contributed by atoms with E-state index in [1.165, 1.54) is 0 Å². The molecule has 0 aromatic carbocycles. The monoisotopic (exact) mass is 212 g/mol. The predicted octanol–water partition coefficient (Wildman–Crippen LogP) is 1.39. The largest absolute Gasteiger partial charge is 0.355 e. The standard InChI is InChI=1S/C12H24N2O/c1-9(2)5-12(3,4)8-14-11(15)10-6-13-7-10/h9-10,13H,5-8H2,1-4H3,(H,14,15). The first-order valence-corrected chi connectivity index (χ1v) is 5.89. The Labute approximate surface area is 93.0 Å². The fourth-order valence-corrected chi connectivity index (χ4v) is 2.12.